The van der Waals surface area contributed by atoms with E-state index in [1.165, 1.54) is 17.7 Å². The number of rotatable bonds is 5. The lowest BCUT2D eigenvalue weighted by Gasteiger charge is -2.24. The highest BCUT2D eigenvalue weighted by Crippen LogP contribution is 2.37. The summed E-state index contributed by atoms with van der Waals surface area (Å²) in [4.78, 5) is 8.20. The number of thiazole rings is 1. The average Bonchev–Trinajstić information content (AvgIpc) is 3.02. The van der Waals surface area contributed by atoms with Crippen molar-refractivity contribution in [3.8, 4) is 0 Å². The molecule has 0 radical (unpaired) electrons. The Morgan fingerprint density at radius 2 is 2.17 bits per heavy atom. The van der Waals surface area contributed by atoms with Crippen molar-refractivity contribution in [2.24, 2.45) is 5.92 Å². The fraction of sp³-hybridized carbons (Fsp3) is 0.786. The first-order valence-electron chi connectivity index (χ1n) is 6.79. The lowest BCUT2D eigenvalue weighted by molar-refractivity contribution is 0.426. The van der Waals surface area contributed by atoms with E-state index in [1.54, 1.807) is 0 Å². The van der Waals surface area contributed by atoms with Crippen molar-refractivity contribution in [2.45, 2.75) is 58.7 Å². The first kappa shape index (κ1) is 13.8. The fourth-order valence-electron chi connectivity index (χ4n) is 1.96. The van der Waals surface area contributed by atoms with Crippen molar-refractivity contribution in [3.63, 3.8) is 0 Å². The van der Waals surface area contributed by atoms with Gasteiger partial charge in [0.2, 0.25) is 0 Å². The number of hydrogen-bond acceptors (Lipinski definition) is 4. The van der Waals surface area contributed by atoms with Crippen molar-refractivity contribution in [2.75, 3.05) is 11.9 Å². The van der Waals surface area contributed by atoms with Gasteiger partial charge >= 0.3 is 0 Å². The molecule has 1 aliphatic carbocycles. The summed E-state index contributed by atoms with van der Waals surface area (Å²) in [6.45, 7) is 9.79. The molecule has 1 atom stereocenters. The van der Waals surface area contributed by atoms with Crippen LogP contribution in [-0.2, 0) is 6.54 Å². The summed E-state index contributed by atoms with van der Waals surface area (Å²) in [5.41, 5.74) is 0.164. The zero-order valence-corrected chi connectivity index (χ0v) is 13.0. The van der Waals surface area contributed by atoms with Crippen LogP contribution >= 0.6 is 11.3 Å². The molecule has 0 bridgehead atoms. The van der Waals surface area contributed by atoms with Crippen molar-refractivity contribution in [3.05, 3.63) is 11.1 Å². The molecule has 1 unspecified atom stereocenters. The predicted octanol–water partition coefficient (Wildman–Crippen LogP) is 3.27. The second-order valence-corrected chi connectivity index (χ2v) is 7.50. The van der Waals surface area contributed by atoms with E-state index in [2.05, 4.69) is 49.9 Å². The molecular weight excluding hydrogens is 242 g/mol. The molecule has 2 rings (SSSR count). The van der Waals surface area contributed by atoms with Gasteiger partial charge in [0.1, 0.15) is 0 Å². The van der Waals surface area contributed by atoms with Crippen LogP contribution in [0, 0.1) is 5.92 Å². The Morgan fingerprint density at radius 1 is 1.50 bits per heavy atom. The van der Waals surface area contributed by atoms with Crippen LogP contribution in [0.25, 0.3) is 0 Å². The van der Waals surface area contributed by atoms with Crippen LogP contribution in [0.3, 0.4) is 0 Å². The quantitative estimate of drug-likeness (QED) is 0.887. The van der Waals surface area contributed by atoms with E-state index in [0.29, 0.717) is 6.04 Å². The van der Waals surface area contributed by atoms with Crippen molar-refractivity contribution in [1.82, 2.24) is 10.3 Å². The van der Waals surface area contributed by atoms with Gasteiger partial charge in [-0.25, -0.2) is 4.98 Å². The smallest absolute Gasteiger partial charge is 0.185 e. The molecule has 18 heavy (non-hydrogen) atoms. The van der Waals surface area contributed by atoms with Gasteiger partial charge in [0.05, 0.1) is 0 Å². The van der Waals surface area contributed by atoms with Crippen LogP contribution in [0.5, 0.6) is 0 Å². The van der Waals surface area contributed by atoms with Gasteiger partial charge in [-0.1, -0.05) is 0 Å². The molecule has 0 aromatic carbocycles. The van der Waals surface area contributed by atoms with Gasteiger partial charge in [-0.05, 0) is 46.5 Å². The van der Waals surface area contributed by atoms with Crippen LogP contribution in [0.15, 0.2) is 6.20 Å². The first-order chi connectivity index (χ1) is 8.37. The van der Waals surface area contributed by atoms with Crippen LogP contribution in [0.1, 0.15) is 45.4 Å². The molecule has 3 nitrogen and oxygen atoms in total. The largest absolute Gasteiger partial charge is 0.348 e. The maximum absolute atomic E-state index is 4.55. The van der Waals surface area contributed by atoms with Gasteiger partial charge in [-0.15, -0.1) is 11.3 Å². The Balaban J connectivity index is 1.92. The van der Waals surface area contributed by atoms with Crippen molar-refractivity contribution < 1.29 is 0 Å². The monoisotopic (exact) mass is 267 g/mol. The van der Waals surface area contributed by atoms with Crippen LogP contribution in [0.4, 0.5) is 5.13 Å². The van der Waals surface area contributed by atoms with E-state index < -0.39 is 0 Å². The summed E-state index contributed by atoms with van der Waals surface area (Å²) in [5, 5.41) is 4.66. The molecule has 0 aliphatic heterocycles. The Morgan fingerprint density at radius 3 is 2.72 bits per heavy atom. The van der Waals surface area contributed by atoms with Crippen LogP contribution in [-0.4, -0.2) is 23.6 Å². The lowest BCUT2D eigenvalue weighted by atomic mass is 10.1. The van der Waals surface area contributed by atoms with Gasteiger partial charge < -0.3 is 10.2 Å². The number of nitrogens with zero attached hydrogens (tertiary/aromatic N) is 2. The highest BCUT2D eigenvalue weighted by atomic mass is 32.1. The number of hydrogen-bond donors (Lipinski definition) is 1. The molecule has 1 heterocycles. The Labute approximate surface area is 115 Å². The van der Waals surface area contributed by atoms with E-state index in [1.807, 2.05) is 17.5 Å². The van der Waals surface area contributed by atoms with Crippen molar-refractivity contribution >= 4 is 16.5 Å². The zero-order chi connectivity index (χ0) is 13.3. The van der Waals surface area contributed by atoms with Crippen LogP contribution < -0.4 is 10.2 Å². The maximum Gasteiger partial charge on any atom is 0.185 e. The molecule has 0 amide bonds. The van der Waals surface area contributed by atoms with E-state index in [9.17, 15) is 0 Å². The Kier molecular flexibility index (Phi) is 3.97. The molecule has 1 aromatic heterocycles. The third-order valence-electron chi connectivity index (χ3n) is 3.55. The van der Waals surface area contributed by atoms with Gasteiger partial charge in [-0.3, -0.25) is 0 Å². The highest BCUT2D eigenvalue weighted by Gasteiger charge is 2.31. The van der Waals surface area contributed by atoms with Gasteiger partial charge in [0, 0.05) is 36.2 Å². The van der Waals surface area contributed by atoms with Gasteiger partial charge in [0.15, 0.2) is 5.13 Å². The molecule has 1 saturated carbocycles. The second-order valence-electron chi connectivity index (χ2n) is 6.40. The zero-order valence-electron chi connectivity index (χ0n) is 12.2. The standard InChI is InChI=1S/C14H25N3S/c1-10(11-6-7-11)17(5)13-15-8-12(18-13)9-16-14(2,3)4/h8,10-11,16H,6-7,9H2,1-5H3. The first-order valence-corrected chi connectivity index (χ1v) is 7.61. The minimum Gasteiger partial charge on any atom is -0.348 e. The van der Waals surface area contributed by atoms with E-state index in [4.69, 9.17) is 0 Å². The molecule has 4 heteroatoms. The third-order valence-corrected chi connectivity index (χ3v) is 4.64. The molecule has 0 spiro atoms. The van der Waals surface area contributed by atoms with E-state index in [0.717, 1.165) is 17.6 Å². The fourth-order valence-corrected chi connectivity index (χ4v) is 2.86. The minimum absolute atomic E-state index is 0.164. The highest BCUT2D eigenvalue weighted by molar-refractivity contribution is 7.15. The third kappa shape index (κ3) is 3.69. The molecule has 1 fully saturated rings. The van der Waals surface area contributed by atoms with Gasteiger partial charge in [-0.2, -0.15) is 0 Å². The van der Waals surface area contributed by atoms with Crippen LogP contribution in [0.2, 0.25) is 0 Å². The molecule has 1 N–H and O–H groups in total. The lowest BCUT2D eigenvalue weighted by Crippen LogP contribution is -2.34. The summed E-state index contributed by atoms with van der Waals surface area (Å²) in [6, 6.07) is 0.625. The van der Waals surface area contributed by atoms with Gasteiger partial charge in [0.25, 0.3) is 0 Å². The number of anilines is 1. The summed E-state index contributed by atoms with van der Waals surface area (Å²) in [5.74, 6) is 0.884. The normalized spacial score (nSPS) is 17.8. The Bertz CT molecular complexity index is 390. The summed E-state index contributed by atoms with van der Waals surface area (Å²) in [7, 11) is 2.17. The molecule has 102 valence electrons. The number of aromatic nitrogens is 1. The van der Waals surface area contributed by atoms with E-state index in [-0.39, 0.29) is 5.54 Å². The Hall–Kier alpha value is -0.610. The molecular formula is C14H25N3S. The average molecular weight is 267 g/mol. The molecule has 1 aromatic rings. The minimum atomic E-state index is 0.164. The topological polar surface area (TPSA) is 28.2 Å². The SMILES string of the molecule is CC(C1CC1)N(C)c1ncc(CNC(C)(C)C)s1. The second kappa shape index (κ2) is 5.17. The predicted molar refractivity (Wildman–Crippen MR) is 79.3 cm³/mol. The van der Waals surface area contributed by atoms with Crippen molar-refractivity contribution in [1.29, 1.82) is 0 Å². The summed E-state index contributed by atoms with van der Waals surface area (Å²) < 4.78 is 0. The maximum atomic E-state index is 4.55. The number of nitrogens with one attached hydrogen (secondary N) is 1. The molecule has 1 aliphatic rings. The molecule has 0 saturated heterocycles. The van der Waals surface area contributed by atoms with E-state index >= 15 is 0 Å². The summed E-state index contributed by atoms with van der Waals surface area (Å²) in [6.07, 6.45) is 4.78. The summed E-state index contributed by atoms with van der Waals surface area (Å²) >= 11 is 1.81.